The van der Waals surface area contributed by atoms with Crippen molar-refractivity contribution in [1.29, 1.82) is 0 Å². The van der Waals surface area contributed by atoms with E-state index in [-0.39, 0.29) is 5.56 Å². The lowest BCUT2D eigenvalue weighted by molar-refractivity contribution is -0.138. The number of methoxy groups -OCH3 is 1. The van der Waals surface area contributed by atoms with Gasteiger partial charge < -0.3 is 10.5 Å². The van der Waals surface area contributed by atoms with E-state index in [1.807, 2.05) is 0 Å². The summed E-state index contributed by atoms with van der Waals surface area (Å²) in [5.74, 6) is 0.381. The summed E-state index contributed by atoms with van der Waals surface area (Å²) in [7, 11) is 1.41. The molecule has 16 heavy (non-hydrogen) atoms. The van der Waals surface area contributed by atoms with Crippen molar-refractivity contribution >= 4 is 0 Å². The van der Waals surface area contributed by atoms with Crippen LogP contribution in [0.5, 0.6) is 5.75 Å². The Labute approximate surface area is 92.2 Å². The fourth-order valence-electron chi connectivity index (χ4n) is 1.45. The first-order valence-corrected chi connectivity index (χ1v) is 4.90. The van der Waals surface area contributed by atoms with Crippen molar-refractivity contribution in [2.24, 2.45) is 5.73 Å². The lowest BCUT2D eigenvalue weighted by Crippen LogP contribution is -2.17. The van der Waals surface area contributed by atoms with Crippen LogP contribution in [-0.2, 0) is 6.18 Å². The minimum atomic E-state index is -4.38. The van der Waals surface area contributed by atoms with Crippen molar-refractivity contribution in [1.82, 2.24) is 0 Å². The van der Waals surface area contributed by atoms with Crippen molar-refractivity contribution in [2.45, 2.75) is 25.6 Å². The minimum Gasteiger partial charge on any atom is -0.497 e. The van der Waals surface area contributed by atoms with Crippen molar-refractivity contribution in [3.63, 3.8) is 0 Å². The van der Waals surface area contributed by atoms with Gasteiger partial charge in [-0.05, 0) is 30.2 Å². The van der Waals surface area contributed by atoms with Crippen LogP contribution in [0.15, 0.2) is 18.2 Å². The van der Waals surface area contributed by atoms with E-state index in [1.54, 1.807) is 6.92 Å². The topological polar surface area (TPSA) is 35.2 Å². The molecule has 1 aromatic carbocycles. The van der Waals surface area contributed by atoms with Crippen molar-refractivity contribution in [2.75, 3.05) is 7.11 Å². The monoisotopic (exact) mass is 233 g/mol. The van der Waals surface area contributed by atoms with E-state index in [9.17, 15) is 13.2 Å². The highest BCUT2D eigenvalue weighted by atomic mass is 19.4. The van der Waals surface area contributed by atoms with Gasteiger partial charge >= 0.3 is 6.18 Å². The number of ether oxygens (including phenoxy) is 1. The Bertz CT molecular complexity index is 363. The summed E-state index contributed by atoms with van der Waals surface area (Å²) in [5.41, 5.74) is 5.05. The Morgan fingerprint density at radius 3 is 2.44 bits per heavy atom. The van der Waals surface area contributed by atoms with E-state index in [4.69, 9.17) is 10.5 Å². The smallest absolute Gasteiger partial charge is 0.416 e. The normalized spacial score (nSPS) is 13.6. The number of halogens is 3. The largest absolute Gasteiger partial charge is 0.497 e. The van der Waals surface area contributed by atoms with E-state index in [0.29, 0.717) is 12.2 Å². The third-order valence-corrected chi connectivity index (χ3v) is 2.40. The minimum absolute atomic E-state index is 0.0781. The first-order chi connectivity index (χ1) is 7.40. The summed E-state index contributed by atoms with van der Waals surface area (Å²) in [6, 6.07) is 3.00. The number of alkyl halides is 3. The Morgan fingerprint density at radius 1 is 1.38 bits per heavy atom. The van der Waals surface area contributed by atoms with Crippen LogP contribution >= 0.6 is 0 Å². The van der Waals surface area contributed by atoms with Crippen LogP contribution in [0.3, 0.4) is 0 Å². The molecule has 1 atom stereocenters. The predicted octanol–water partition coefficient (Wildman–Crippen LogP) is 3.12. The predicted molar refractivity (Wildman–Crippen MR) is 55.2 cm³/mol. The maximum atomic E-state index is 12.7. The molecule has 0 aromatic heterocycles. The van der Waals surface area contributed by atoms with E-state index in [1.165, 1.54) is 19.2 Å². The molecule has 0 heterocycles. The van der Waals surface area contributed by atoms with Gasteiger partial charge in [0.15, 0.2) is 0 Å². The Kier molecular flexibility index (Phi) is 3.80. The first kappa shape index (κ1) is 12.8. The molecule has 0 amide bonds. The summed E-state index contributed by atoms with van der Waals surface area (Å²) in [6.07, 6.45) is -3.94. The molecule has 0 spiro atoms. The molecule has 0 aliphatic heterocycles. The van der Waals surface area contributed by atoms with Crippen LogP contribution in [0.4, 0.5) is 13.2 Å². The van der Waals surface area contributed by atoms with Gasteiger partial charge in [0.05, 0.1) is 12.7 Å². The molecule has 1 unspecified atom stereocenters. The molecule has 2 nitrogen and oxygen atoms in total. The van der Waals surface area contributed by atoms with Gasteiger partial charge in [0.2, 0.25) is 0 Å². The van der Waals surface area contributed by atoms with Crippen LogP contribution in [-0.4, -0.2) is 7.11 Å². The number of hydrogen-bond acceptors (Lipinski definition) is 2. The van der Waals surface area contributed by atoms with Gasteiger partial charge in [-0.3, -0.25) is 0 Å². The molecule has 0 aliphatic carbocycles. The van der Waals surface area contributed by atoms with Crippen LogP contribution in [0.2, 0.25) is 0 Å². The van der Waals surface area contributed by atoms with Gasteiger partial charge in [-0.15, -0.1) is 0 Å². The fourth-order valence-corrected chi connectivity index (χ4v) is 1.45. The molecule has 90 valence electrons. The molecule has 0 saturated heterocycles. The lowest BCUT2D eigenvalue weighted by Gasteiger charge is -2.18. The number of nitrogens with two attached hydrogens (primary N) is 1. The second-order valence-corrected chi connectivity index (χ2v) is 3.47. The Balaban J connectivity index is 3.27. The van der Waals surface area contributed by atoms with Crippen LogP contribution in [0.1, 0.15) is 30.5 Å². The van der Waals surface area contributed by atoms with E-state index >= 15 is 0 Å². The van der Waals surface area contributed by atoms with Crippen molar-refractivity contribution < 1.29 is 17.9 Å². The average Bonchev–Trinajstić information content (AvgIpc) is 2.25. The molecule has 0 bridgehead atoms. The van der Waals surface area contributed by atoms with Gasteiger partial charge in [0.1, 0.15) is 5.75 Å². The number of benzene rings is 1. The summed E-state index contributed by atoms with van der Waals surface area (Å²) in [6.45, 7) is 1.74. The van der Waals surface area contributed by atoms with Crippen LogP contribution < -0.4 is 10.5 Å². The van der Waals surface area contributed by atoms with Crippen molar-refractivity contribution in [3.05, 3.63) is 29.3 Å². The summed E-state index contributed by atoms with van der Waals surface area (Å²) in [5, 5.41) is 0. The van der Waals surface area contributed by atoms with Gasteiger partial charge in [-0.25, -0.2) is 0 Å². The Morgan fingerprint density at radius 2 is 2.00 bits per heavy atom. The SMILES string of the molecule is CCC(N)c1cc(OC)ccc1C(F)(F)F. The first-order valence-electron chi connectivity index (χ1n) is 4.90. The maximum Gasteiger partial charge on any atom is 0.416 e. The second kappa shape index (κ2) is 4.74. The molecule has 0 fully saturated rings. The average molecular weight is 233 g/mol. The zero-order chi connectivity index (χ0) is 12.3. The molecule has 1 aromatic rings. The molecular weight excluding hydrogens is 219 g/mol. The van der Waals surface area contributed by atoms with Crippen LogP contribution in [0.25, 0.3) is 0 Å². The highest BCUT2D eigenvalue weighted by Gasteiger charge is 2.34. The highest BCUT2D eigenvalue weighted by molar-refractivity contribution is 5.39. The van der Waals surface area contributed by atoms with Gasteiger partial charge in [-0.2, -0.15) is 13.2 Å². The van der Waals surface area contributed by atoms with E-state index < -0.39 is 17.8 Å². The molecule has 0 saturated carbocycles. The van der Waals surface area contributed by atoms with Crippen LogP contribution in [0, 0.1) is 0 Å². The summed E-state index contributed by atoms with van der Waals surface area (Å²) >= 11 is 0. The lowest BCUT2D eigenvalue weighted by atomic mass is 9.98. The van der Waals surface area contributed by atoms with E-state index in [2.05, 4.69) is 0 Å². The molecular formula is C11H14F3NO. The molecule has 1 rings (SSSR count). The zero-order valence-electron chi connectivity index (χ0n) is 9.14. The molecule has 2 N–H and O–H groups in total. The number of rotatable bonds is 3. The fraction of sp³-hybridized carbons (Fsp3) is 0.455. The molecule has 0 aliphatic rings. The van der Waals surface area contributed by atoms with Gasteiger partial charge in [0.25, 0.3) is 0 Å². The molecule has 5 heteroatoms. The summed E-state index contributed by atoms with van der Waals surface area (Å²) in [4.78, 5) is 0. The maximum absolute atomic E-state index is 12.7. The third-order valence-electron chi connectivity index (χ3n) is 2.40. The molecule has 0 radical (unpaired) electrons. The third kappa shape index (κ3) is 2.66. The van der Waals surface area contributed by atoms with Gasteiger partial charge in [0, 0.05) is 6.04 Å². The highest BCUT2D eigenvalue weighted by Crippen LogP contribution is 2.36. The standard InChI is InChI=1S/C11H14F3NO/c1-3-10(15)8-6-7(16-2)4-5-9(8)11(12,13)14/h4-6,10H,3,15H2,1-2H3. The van der Waals surface area contributed by atoms with E-state index in [0.717, 1.165) is 6.07 Å². The summed E-state index contributed by atoms with van der Waals surface area (Å²) < 4.78 is 42.9. The second-order valence-electron chi connectivity index (χ2n) is 3.47. The van der Waals surface area contributed by atoms with Gasteiger partial charge in [-0.1, -0.05) is 6.92 Å². The van der Waals surface area contributed by atoms with Crippen molar-refractivity contribution in [3.8, 4) is 5.75 Å². The zero-order valence-corrected chi connectivity index (χ0v) is 9.14. The quantitative estimate of drug-likeness (QED) is 0.870. The Hall–Kier alpha value is -1.23. The number of hydrogen-bond donors (Lipinski definition) is 1.